The molecule has 1 heterocycles. The van der Waals surface area contributed by atoms with Gasteiger partial charge in [-0.3, -0.25) is 10.1 Å². The number of aromatic nitrogens is 2. The van der Waals surface area contributed by atoms with Crippen LogP contribution in [0.15, 0.2) is 61.2 Å². The van der Waals surface area contributed by atoms with Gasteiger partial charge in [-0.1, -0.05) is 36.4 Å². The number of carbonyl (C=O) groups excluding carboxylic acids is 1. The van der Waals surface area contributed by atoms with Gasteiger partial charge in [0.15, 0.2) is 0 Å². The van der Waals surface area contributed by atoms with Crippen molar-refractivity contribution < 1.29 is 4.79 Å². The third-order valence-electron chi connectivity index (χ3n) is 3.11. The second-order valence-electron chi connectivity index (χ2n) is 4.74. The largest absolute Gasteiger partial charge is 0.340 e. The van der Waals surface area contributed by atoms with Crippen molar-refractivity contribution in [3.63, 3.8) is 0 Å². The summed E-state index contributed by atoms with van der Waals surface area (Å²) in [4.78, 5) is 20.2. The zero-order chi connectivity index (χ0) is 16.2. The summed E-state index contributed by atoms with van der Waals surface area (Å²) >= 11 is 6.01. The van der Waals surface area contributed by atoms with Crippen LogP contribution in [0, 0.1) is 0 Å². The Morgan fingerprint density at radius 2 is 1.96 bits per heavy atom. The lowest BCUT2D eigenvalue weighted by atomic mass is 10.2. The lowest BCUT2D eigenvalue weighted by Gasteiger charge is -2.11. The molecule has 0 aliphatic heterocycles. The van der Waals surface area contributed by atoms with E-state index in [2.05, 4.69) is 27.2 Å². The maximum absolute atomic E-state index is 11.5. The topological polar surface area (TPSA) is 66.9 Å². The summed E-state index contributed by atoms with van der Waals surface area (Å²) < 4.78 is 0. The highest BCUT2D eigenvalue weighted by atomic mass is 35.5. The fourth-order valence-electron chi connectivity index (χ4n) is 2.09. The van der Waals surface area contributed by atoms with Crippen molar-refractivity contribution in [2.45, 2.75) is 0 Å². The molecule has 1 aromatic heterocycles. The fourth-order valence-corrected chi connectivity index (χ4v) is 2.28. The number of hydrogen-bond acceptors (Lipinski definition) is 4. The van der Waals surface area contributed by atoms with Crippen LogP contribution in [0.3, 0.4) is 0 Å². The van der Waals surface area contributed by atoms with Gasteiger partial charge in [-0.05, 0) is 36.4 Å². The first kappa shape index (κ1) is 15.0. The molecule has 2 N–H and O–H groups in total. The van der Waals surface area contributed by atoms with Crippen LogP contribution in [-0.4, -0.2) is 15.9 Å². The molecule has 0 bridgehead atoms. The van der Waals surface area contributed by atoms with Crippen molar-refractivity contribution in [2.75, 3.05) is 10.6 Å². The van der Waals surface area contributed by atoms with Crippen LogP contribution in [0.4, 0.5) is 17.5 Å². The van der Waals surface area contributed by atoms with Crippen molar-refractivity contribution >= 4 is 45.9 Å². The lowest BCUT2D eigenvalue weighted by molar-refractivity contribution is -0.111. The van der Waals surface area contributed by atoms with E-state index in [0.29, 0.717) is 16.4 Å². The Labute approximate surface area is 138 Å². The molecule has 0 aliphatic carbocycles. The molecule has 6 heteroatoms. The number of para-hydroxylation sites is 1. The summed E-state index contributed by atoms with van der Waals surface area (Å²) in [6, 6.07) is 14.8. The van der Waals surface area contributed by atoms with E-state index >= 15 is 0 Å². The van der Waals surface area contributed by atoms with Crippen LogP contribution in [0.2, 0.25) is 5.02 Å². The monoisotopic (exact) mass is 324 g/mol. The molecule has 2 aromatic carbocycles. The van der Waals surface area contributed by atoms with E-state index < -0.39 is 0 Å². The maximum atomic E-state index is 11.5. The standard InChI is InChI=1S/C17H13ClN4O/c1-2-15(23)21-17-20-14-9-4-3-8-13(14)16(22-17)19-12-7-5-6-11(18)10-12/h2-10H,1H2,(H2,19,20,21,22,23). The zero-order valence-corrected chi connectivity index (χ0v) is 12.8. The first-order valence-electron chi connectivity index (χ1n) is 6.88. The number of amides is 1. The Morgan fingerprint density at radius 3 is 2.74 bits per heavy atom. The van der Waals surface area contributed by atoms with Crippen molar-refractivity contribution in [3.8, 4) is 0 Å². The van der Waals surface area contributed by atoms with Gasteiger partial charge in [-0.15, -0.1) is 0 Å². The highest BCUT2D eigenvalue weighted by Gasteiger charge is 2.09. The van der Waals surface area contributed by atoms with Gasteiger partial charge in [0.1, 0.15) is 5.82 Å². The third-order valence-corrected chi connectivity index (χ3v) is 3.35. The molecule has 0 radical (unpaired) electrons. The molecule has 0 spiro atoms. The smallest absolute Gasteiger partial charge is 0.250 e. The van der Waals surface area contributed by atoms with Crippen molar-refractivity contribution in [2.24, 2.45) is 0 Å². The van der Waals surface area contributed by atoms with Crippen LogP contribution in [0.1, 0.15) is 0 Å². The average Bonchev–Trinajstić information content (AvgIpc) is 2.55. The summed E-state index contributed by atoms with van der Waals surface area (Å²) in [5, 5.41) is 7.24. The lowest BCUT2D eigenvalue weighted by Crippen LogP contribution is -2.11. The molecular weight excluding hydrogens is 312 g/mol. The summed E-state index contributed by atoms with van der Waals surface area (Å²) in [6.45, 7) is 3.42. The van der Waals surface area contributed by atoms with Gasteiger partial charge in [0.25, 0.3) is 0 Å². The van der Waals surface area contributed by atoms with Gasteiger partial charge in [0.05, 0.1) is 5.52 Å². The summed E-state index contributed by atoms with van der Waals surface area (Å²) in [7, 11) is 0. The van der Waals surface area contributed by atoms with Crippen LogP contribution in [0.5, 0.6) is 0 Å². The average molecular weight is 325 g/mol. The molecule has 5 nitrogen and oxygen atoms in total. The van der Waals surface area contributed by atoms with Gasteiger partial charge in [0.2, 0.25) is 11.9 Å². The van der Waals surface area contributed by atoms with E-state index in [4.69, 9.17) is 11.6 Å². The van der Waals surface area contributed by atoms with Crippen LogP contribution >= 0.6 is 11.6 Å². The van der Waals surface area contributed by atoms with E-state index in [1.165, 1.54) is 6.08 Å². The van der Waals surface area contributed by atoms with Crippen LogP contribution in [0.25, 0.3) is 10.9 Å². The number of carbonyl (C=O) groups is 1. The number of halogens is 1. The molecule has 0 saturated heterocycles. The molecule has 0 unspecified atom stereocenters. The quantitative estimate of drug-likeness (QED) is 0.707. The fraction of sp³-hybridized carbons (Fsp3) is 0. The molecule has 0 aliphatic rings. The van der Waals surface area contributed by atoms with E-state index in [1.54, 1.807) is 12.1 Å². The highest BCUT2D eigenvalue weighted by Crippen LogP contribution is 2.26. The number of hydrogen-bond donors (Lipinski definition) is 2. The van der Waals surface area contributed by atoms with E-state index in [9.17, 15) is 4.79 Å². The minimum absolute atomic E-state index is 0.207. The maximum Gasteiger partial charge on any atom is 0.250 e. The van der Waals surface area contributed by atoms with Crippen molar-refractivity contribution in [3.05, 3.63) is 66.2 Å². The number of anilines is 3. The Hall–Kier alpha value is -2.92. The highest BCUT2D eigenvalue weighted by molar-refractivity contribution is 6.30. The number of fused-ring (bicyclic) bond motifs is 1. The number of nitrogens with zero attached hydrogens (tertiary/aromatic N) is 2. The first-order chi connectivity index (χ1) is 11.2. The van der Waals surface area contributed by atoms with E-state index in [1.807, 2.05) is 36.4 Å². The SMILES string of the molecule is C=CC(=O)Nc1nc(Nc2cccc(Cl)c2)c2ccccc2n1. The Balaban J connectivity index is 2.06. The molecule has 0 fully saturated rings. The number of nitrogens with one attached hydrogen (secondary N) is 2. The molecule has 0 saturated carbocycles. The molecule has 1 amide bonds. The number of rotatable bonds is 4. The Morgan fingerprint density at radius 1 is 1.13 bits per heavy atom. The molecule has 0 atom stereocenters. The van der Waals surface area contributed by atoms with E-state index in [0.717, 1.165) is 11.1 Å². The Bertz CT molecular complexity index is 895. The summed E-state index contributed by atoms with van der Waals surface area (Å²) in [6.07, 6.45) is 1.17. The predicted octanol–water partition coefficient (Wildman–Crippen LogP) is 4.15. The first-order valence-corrected chi connectivity index (χ1v) is 7.26. The minimum Gasteiger partial charge on any atom is -0.340 e. The van der Waals surface area contributed by atoms with Crippen LogP contribution < -0.4 is 10.6 Å². The molecule has 3 rings (SSSR count). The van der Waals surface area contributed by atoms with Gasteiger partial charge < -0.3 is 5.32 Å². The second kappa shape index (κ2) is 6.46. The van der Waals surface area contributed by atoms with Gasteiger partial charge in [-0.2, -0.15) is 4.98 Å². The Kier molecular flexibility index (Phi) is 4.21. The normalized spacial score (nSPS) is 10.3. The van der Waals surface area contributed by atoms with Crippen molar-refractivity contribution in [1.29, 1.82) is 0 Å². The zero-order valence-electron chi connectivity index (χ0n) is 12.1. The molecule has 114 valence electrons. The van der Waals surface area contributed by atoms with Gasteiger partial charge in [-0.25, -0.2) is 4.98 Å². The molecular formula is C17H13ClN4O. The predicted molar refractivity (Wildman–Crippen MR) is 93.1 cm³/mol. The molecule has 23 heavy (non-hydrogen) atoms. The summed E-state index contributed by atoms with van der Waals surface area (Å²) in [5.41, 5.74) is 1.51. The third kappa shape index (κ3) is 3.46. The summed E-state index contributed by atoms with van der Waals surface area (Å²) in [5.74, 6) is 0.421. The van der Waals surface area contributed by atoms with Crippen molar-refractivity contribution in [1.82, 2.24) is 9.97 Å². The van der Waals surface area contributed by atoms with Gasteiger partial charge in [0, 0.05) is 16.1 Å². The number of benzene rings is 2. The molecule has 3 aromatic rings. The van der Waals surface area contributed by atoms with E-state index in [-0.39, 0.29) is 11.9 Å². The minimum atomic E-state index is -0.367. The van der Waals surface area contributed by atoms with Gasteiger partial charge >= 0.3 is 0 Å². The van der Waals surface area contributed by atoms with Crippen LogP contribution in [-0.2, 0) is 4.79 Å². The second-order valence-corrected chi connectivity index (χ2v) is 5.18.